The summed E-state index contributed by atoms with van der Waals surface area (Å²) in [5.41, 5.74) is 0.549. The van der Waals surface area contributed by atoms with Crippen molar-refractivity contribution in [1.82, 2.24) is 9.62 Å². The minimum Gasteiger partial charge on any atom is -0.297 e. The molecule has 1 aliphatic rings. The summed E-state index contributed by atoms with van der Waals surface area (Å²) < 4.78 is 40.7. The summed E-state index contributed by atoms with van der Waals surface area (Å²) >= 11 is 0. The smallest absolute Gasteiger partial charge is 0.240 e. The van der Waals surface area contributed by atoms with Gasteiger partial charge in [0.25, 0.3) is 0 Å². The van der Waals surface area contributed by atoms with E-state index in [0.717, 1.165) is 25.5 Å². The van der Waals surface area contributed by atoms with Crippen LogP contribution < -0.4 is 4.72 Å². The summed E-state index contributed by atoms with van der Waals surface area (Å²) in [6.45, 7) is 7.22. The van der Waals surface area contributed by atoms with Crippen molar-refractivity contribution in [3.63, 3.8) is 0 Å². The molecular formula is C16H25FN2O2S. The maximum atomic E-state index is 13.3. The lowest BCUT2D eigenvalue weighted by molar-refractivity contribution is 0.116. The van der Waals surface area contributed by atoms with E-state index in [4.69, 9.17) is 0 Å². The van der Waals surface area contributed by atoms with Gasteiger partial charge in [-0.1, -0.05) is 12.5 Å². The van der Waals surface area contributed by atoms with E-state index in [0.29, 0.717) is 18.2 Å². The highest BCUT2D eigenvalue weighted by Crippen LogP contribution is 2.20. The third-order valence-electron chi connectivity index (χ3n) is 4.43. The van der Waals surface area contributed by atoms with E-state index >= 15 is 0 Å². The van der Waals surface area contributed by atoms with Crippen LogP contribution in [0.2, 0.25) is 0 Å². The molecule has 0 spiro atoms. The molecule has 0 radical (unpaired) electrons. The van der Waals surface area contributed by atoms with E-state index in [-0.39, 0.29) is 10.9 Å². The minimum absolute atomic E-state index is 0.0198. The van der Waals surface area contributed by atoms with Crippen molar-refractivity contribution in [2.75, 3.05) is 13.1 Å². The number of hydrogen-bond donors (Lipinski definition) is 1. The quantitative estimate of drug-likeness (QED) is 0.904. The number of aryl methyl sites for hydroxylation is 1. The van der Waals surface area contributed by atoms with Crippen LogP contribution in [0.15, 0.2) is 23.1 Å². The van der Waals surface area contributed by atoms with Gasteiger partial charge < -0.3 is 0 Å². The first-order chi connectivity index (χ1) is 10.3. The SMILES string of the molecule is Cc1ccc(F)cc1S(=O)(=O)NC[C@H](C)N1CCCC[C@@H]1C. The zero-order chi connectivity index (χ0) is 16.3. The van der Waals surface area contributed by atoms with Gasteiger partial charge in [0.15, 0.2) is 0 Å². The van der Waals surface area contributed by atoms with E-state index in [1.807, 2.05) is 6.92 Å². The number of likely N-dealkylation sites (tertiary alicyclic amines) is 1. The lowest BCUT2D eigenvalue weighted by Gasteiger charge is -2.38. The van der Waals surface area contributed by atoms with Crippen molar-refractivity contribution in [3.05, 3.63) is 29.6 Å². The fourth-order valence-electron chi connectivity index (χ4n) is 3.06. The summed E-state index contributed by atoms with van der Waals surface area (Å²) in [6, 6.07) is 4.43. The molecule has 2 rings (SSSR count). The molecule has 4 nitrogen and oxygen atoms in total. The Morgan fingerprint density at radius 3 is 2.82 bits per heavy atom. The normalized spacial score (nSPS) is 21.7. The number of nitrogens with zero attached hydrogens (tertiary/aromatic N) is 1. The van der Waals surface area contributed by atoms with Crippen LogP contribution in [0.5, 0.6) is 0 Å². The first-order valence-corrected chi connectivity index (χ1v) is 9.31. The molecule has 1 heterocycles. The number of benzene rings is 1. The standard InChI is InChI=1S/C16H25FN2O2S/c1-12-7-8-15(17)10-16(12)22(20,21)18-11-14(3)19-9-5-4-6-13(19)2/h7-8,10,13-14,18H,4-6,9,11H2,1-3H3/t13-,14-/m0/s1. The number of nitrogens with one attached hydrogen (secondary N) is 1. The number of piperidine rings is 1. The van der Waals surface area contributed by atoms with Crippen molar-refractivity contribution in [2.45, 2.75) is 57.0 Å². The van der Waals surface area contributed by atoms with Gasteiger partial charge in [-0.25, -0.2) is 17.5 Å². The van der Waals surface area contributed by atoms with Crippen LogP contribution in [-0.4, -0.2) is 38.5 Å². The second-order valence-corrected chi connectivity index (χ2v) is 7.93. The van der Waals surface area contributed by atoms with Gasteiger partial charge in [-0.2, -0.15) is 0 Å². The van der Waals surface area contributed by atoms with Crippen LogP contribution in [0.1, 0.15) is 38.7 Å². The average molecular weight is 328 g/mol. The maximum Gasteiger partial charge on any atom is 0.240 e. The Morgan fingerprint density at radius 1 is 1.41 bits per heavy atom. The number of halogens is 1. The van der Waals surface area contributed by atoms with E-state index in [1.54, 1.807) is 6.92 Å². The van der Waals surface area contributed by atoms with Crippen molar-refractivity contribution < 1.29 is 12.8 Å². The van der Waals surface area contributed by atoms with Gasteiger partial charge in [0, 0.05) is 18.6 Å². The zero-order valence-electron chi connectivity index (χ0n) is 13.5. The Morgan fingerprint density at radius 2 is 2.14 bits per heavy atom. The predicted octanol–water partition coefficient (Wildman–Crippen LogP) is 2.68. The first kappa shape index (κ1) is 17.4. The minimum atomic E-state index is -3.68. The third-order valence-corrected chi connectivity index (χ3v) is 5.99. The predicted molar refractivity (Wildman–Crippen MR) is 85.8 cm³/mol. The second kappa shape index (κ2) is 7.06. The molecule has 0 unspecified atom stereocenters. The number of rotatable bonds is 5. The van der Waals surface area contributed by atoms with Crippen LogP contribution in [-0.2, 0) is 10.0 Å². The maximum absolute atomic E-state index is 13.3. The Kier molecular flexibility index (Phi) is 5.58. The van der Waals surface area contributed by atoms with E-state index < -0.39 is 15.8 Å². The summed E-state index contributed by atoms with van der Waals surface area (Å²) in [4.78, 5) is 2.36. The molecule has 1 aromatic carbocycles. The van der Waals surface area contributed by atoms with Gasteiger partial charge in [-0.15, -0.1) is 0 Å². The summed E-state index contributed by atoms with van der Waals surface area (Å²) in [5, 5.41) is 0. The van der Waals surface area contributed by atoms with E-state index in [1.165, 1.54) is 18.6 Å². The average Bonchev–Trinajstić information content (AvgIpc) is 2.48. The molecule has 0 aliphatic carbocycles. The van der Waals surface area contributed by atoms with Crippen LogP contribution in [0.25, 0.3) is 0 Å². The highest BCUT2D eigenvalue weighted by atomic mass is 32.2. The molecule has 1 aromatic rings. The molecule has 1 N–H and O–H groups in total. The van der Waals surface area contributed by atoms with Gasteiger partial charge in [0.2, 0.25) is 10.0 Å². The van der Waals surface area contributed by atoms with Gasteiger partial charge >= 0.3 is 0 Å². The molecular weight excluding hydrogens is 303 g/mol. The molecule has 0 amide bonds. The third kappa shape index (κ3) is 4.06. The topological polar surface area (TPSA) is 49.4 Å². The Hall–Kier alpha value is -0.980. The van der Waals surface area contributed by atoms with Crippen LogP contribution in [0, 0.1) is 12.7 Å². The molecule has 0 aromatic heterocycles. The first-order valence-electron chi connectivity index (χ1n) is 7.83. The monoisotopic (exact) mass is 328 g/mol. The highest BCUT2D eigenvalue weighted by Gasteiger charge is 2.25. The Balaban J connectivity index is 2.04. The van der Waals surface area contributed by atoms with Gasteiger partial charge in [0.05, 0.1) is 4.90 Å². The Bertz CT molecular complexity index is 619. The Labute approximate surface area is 132 Å². The van der Waals surface area contributed by atoms with Crippen molar-refractivity contribution in [1.29, 1.82) is 0 Å². The fourth-order valence-corrected chi connectivity index (χ4v) is 4.44. The lowest BCUT2D eigenvalue weighted by Crippen LogP contribution is -2.48. The van der Waals surface area contributed by atoms with Crippen LogP contribution in [0.3, 0.4) is 0 Å². The van der Waals surface area contributed by atoms with E-state index in [2.05, 4.69) is 16.5 Å². The van der Waals surface area contributed by atoms with Gasteiger partial charge in [0.1, 0.15) is 5.82 Å². The van der Waals surface area contributed by atoms with Gasteiger partial charge in [-0.3, -0.25) is 4.90 Å². The molecule has 6 heteroatoms. The fraction of sp³-hybridized carbons (Fsp3) is 0.625. The second-order valence-electron chi connectivity index (χ2n) is 6.19. The summed E-state index contributed by atoms with van der Waals surface area (Å²) in [7, 11) is -3.68. The molecule has 1 saturated heterocycles. The summed E-state index contributed by atoms with van der Waals surface area (Å²) in [6.07, 6.45) is 3.54. The molecule has 1 fully saturated rings. The highest BCUT2D eigenvalue weighted by molar-refractivity contribution is 7.89. The molecule has 1 aliphatic heterocycles. The largest absolute Gasteiger partial charge is 0.297 e. The molecule has 0 saturated carbocycles. The molecule has 22 heavy (non-hydrogen) atoms. The molecule has 0 bridgehead atoms. The van der Waals surface area contributed by atoms with E-state index in [9.17, 15) is 12.8 Å². The van der Waals surface area contributed by atoms with Crippen LogP contribution in [0.4, 0.5) is 4.39 Å². The number of hydrogen-bond acceptors (Lipinski definition) is 3. The molecule has 2 atom stereocenters. The molecule has 124 valence electrons. The van der Waals surface area contributed by atoms with Crippen molar-refractivity contribution in [3.8, 4) is 0 Å². The van der Waals surface area contributed by atoms with Gasteiger partial charge in [-0.05, 0) is 57.9 Å². The summed E-state index contributed by atoms with van der Waals surface area (Å²) in [5.74, 6) is -0.538. The number of sulfonamides is 1. The van der Waals surface area contributed by atoms with Crippen LogP contribution >= 0.6 is 0 Å². The zero-order valence-corrected chi connectivity index (χ0v) is 14.3. The lowest BCUT2D eigenvalue weighted by atomic mass is 10.0. The van der Waals surface area contributed by atoms with Crippen molar-refractivity contribution in [2.24, 2.45) is 0 Å². The van der Waals surface area contributed by atoms with Crippen molar-refractivity contribution >= 4 is 10.0 Å².